The molecule has 7 nitrogen and oxygen atoms in total. The Hall–Kier alpha value is -2.65. The smallest absolute Gasteiger partial charge is 0.244 e. The summed E-state index contributed by atoms with van der Waals surface area (Å²) in [6, 6.07) is 8.78. The standard InChI is InChI=1S/C21H27FN2O5S/c1-4-12-28-18-11-10-16(14-19(18)29-13-5-2)23-21(25)15(3)24-30(26,27)20-9-7-6-8-17(20)22/h6-11,14-15,24H,4-5,12-13H2,1-3H3,(H,23,25)/t15-/m0/s1. The van der Waals surface area contributed by atoms with Gasteiger partial charge in [-0.1, -0.05) is 26.0 Å². The fraction of sp³-hybridized carbons (Fsp3) is 0.381. The van der Waals surface area contributed by atoms with E-state index < -0.39 is 32.7 Å². The van der Waals surface area contributed by atoms with Gasteiger partial charge in [0.25, 0.3) is 0 Å². The number of hydrogen-bond donors (Lipinski definition) is 2. The zero-order valence-corrected chi connectivity index (χ0v) is 18.1. The molecule has 0 unspecified atom stereocenters. The molecular weight excluding hydrogens is 411 g/mol. The highest BCUT2D eigenvalue weighted by Crippen LogP contribution is 2.31. The van der Waals surface area contributed by atoms with Crippen LogP contribution < -0.4 is 19.5 Å². The van der Waals surface area contributed by atoms with Gasteiger partial charge in [-0.25, -0.2) is 12.8 Å². The number of hydrogen-bond acceptors (Lipinski definition) is 5. The molecule has 0 bridgehead atoms. The highest BCUT2D eigenvalue weighted by molar-refractivity contribution is 7.89. The highest BCUT2D eigenvalue weighted by atomic mass is 32.2. The topological polar surface area (TPSA) is 93.7 Å². The van der Waals surface area contributed by atoms with Crippen molar-refractivity contribution in [2.24, 2.45) is 0 Å². The summed E-state index contributed by atoms with van der Waals surface area (Å²) in [7, 11) is -4.20. The Morgan fingerprint density at radius 3 is 2.30 bits per heavy atom. The zero-order valence-electron chi connectivity index (χ0n) is 17.3. The van der Waals surface area contributed by atoms with Crippen molar-refractivity contribution in [3.05, 3.63) is 48.3 Å². The quantitative estimate of drug-likeness (QED) is 0.558. The number of amides is 1. The molecule has 2 rings (SSSR count). The van der Waals surface area contributed by atoms with Crippen LogP contribution in [0.3, 0.4) is 0 Å². The van der Waals surface area contributed by atoms with Crippen molar-refractivity contribution in [3.63, 3.8) is 0 Å². The van der Waals surface area contributed by atoms with E-state index in [-0.39, 0.29) is 0 Å². The second-order valence-electron chi connectivity index (χ2n) is 6.62. The molecule has 0 aromatic heterocycles. The number of halogens is 1. The van der Waals surface area contributed by atoms with Crippen LogP contribution in [0.5, 0.6) is 11.5 Å². The van der Waals surface area contributed by atoms with E-state index in [1.807, 2.05) is 13.8 Å². The van der Waals surface area contributed by atoms with Gasteiger partial charge in [-0.15, -0.1) is 0 Å². The second-order valence-corrected chi connectivity index (χ2v) is 8.30. The molecule has 9 heteroatoms. The summed E-state index contributed by atoms with van der Waals surface area (Å²) in [6.45, 7) is 6.36. The van der Waals surface area contributed by atoms with Crippen LogP contribution in [0.2, 0.25) is 0 Å². The van der Waals surface area contributed by atoms with Gasteiger partial charge in [-0.3, -0.25) is 4.79 Å². The maximum Gasteiger partial charge on any atom is 0.244 e. The Bertz CT molecular complexity index is 966. The van der Waals surface area contributed by atoms with Crippen molar-refractivity contribution < 1.29 is 27.1 Å². The van der Waals surface area contributed by atoms with E-state index in [9.17, 15) is 17.6 Å². The molecule has 30 heavy (non-hydrogen) atoms. The van der Waals surface area contributed by atoms with Crippen LogP contribution in [0.1, 0.15) is 33.6 Å². The van der Waals surface area contributed by atoms with Gasteiger partial charge in [0.2, 0.25) is 15.9 Å². The van der Waals surface area contributed by atoms with Crippen molar-refractivity contribution >= 4 is 21.6 Å². The van der Waals surface area contributed by atoms with Gasteiger partial charge in [0.05, 0.1) is 19.3 Å². The maximum absolute atomic E-state index is 13.8. The molecule has 0 aliphatic rings. The molecule has 1 atom stereocenters. The number of carbonyl (C=O) groups excluding carboxylic acids is 1. The molecule has 0 saturated heterocycles. The largest absolute Gasteiger partial charge is 0.490 e. The number of benzene rings is 2. The van der Waals surface area contributed by atoms with Gasteiger partial charge >= 0.3 is 0 Å². The van der Waals surface area contributed by atoms with Gasteiger partial charge < -0.3 is 14.8 Å². The van der Waals surface area contributed by atoms with Gasteiger partial charge in [-0.2, -0.15) is 4.72 Å². The summed E-state index contributed by atoms with van der Waals surface area (Å²) in [4.78, 5) is 12.0. The highest BCUT2D eigenvalue weighted by Gasteiger charge is 2.24. The van der Waals surface area contributed by atoms with E-state index in [4.69, 9.17) is 9.47 Å². The number of rotatable bonds is 11. The molecule has 2 aromatic carbocycles. The fourth-order valence-electron chi connectivity index (χ4n) is 2.50. The first kappa shape index (κ1) is 23.6. The first-order valence-corrected chi connectivity index (χ1v) is 11.2. The average Bonchev–Trinajstić information content (AvgIpc) is 2.71. The summed E-state index contributed by atoms with van der Waals surface area (Å²) in [5.74, 6) is -0.434. The lowest BCUT2D eigenvalue weighted by atomic mass is 10.2. The fourth-order valence-corrected chi connectivity index (χ4v) is 3.79. The number of anilines is 1. The summed E-state index contributed by atoms with van der Waals surface area (Å²) < 4.78 is 52.1. The van der Waals surface area contributed by atoms with Crippen molar-refractivity contribution in [2.75, 3.05) is 18.5 Å². The number of ether oxygens (including phenoxy) is 2. The van der Waals surface area contributed by atoms with E-state index in [0.717, 1.165) is 25.0 Å². The van der Waals surface area contributed by atoms with Crippen molar-refractivity contribution in [1.29, 1.82) is 0 Å². The van der Waals surface area contributed by atoms with Gasteiger partial charge in [0, 0.05) is 11.8 Å². The Labute approximate surface area is 176 Å². The molecule has 1 amide bonds. The number of nitrogens with one attached hydrogen (secondary N) is 2. The lowest BCUT2D eigenvalue weighted by molar-refractivity contribution is -0.117. The Kier molecular flexibility index (Phi) is 8.61. The molecule has 164 valence electrons. The molecule has 0 aliphatic heterocycles. The van der Waals surface area contributed by atoms with Crippen LogP contribution >= 0.6 is 0 Å². The van der Waals surface area contributed by atoms with Crippen LogP contribution in [-0.2, 0) is 14.8 Å². The summed E-state index contributed by atoms with van der Waals surface area (Å²) in [5, 5.41) is 2.64. The summed E-state index contributed by atoms with van der Waals surface area (Å²) >= 11 is 0. The minimum Gasteiger partial charge on any atom is -0.490 e. The molecule has 0 spiro atoms. The van der Waals surface area contributed by atoms with Gasteiger partial charge in [-0.05, 0) is 44.0 Å². The lowest BCUT2D eigenvalue weighted by Crippen LogP contribution is -2.41. The van der Waals surface area contributed by atoms with Crippen LogP contribution in [0.4, 0.5) is 10.1 Å². The normalized spacial score (nSPS) is 12.3. The van der Waals surface area contributed by atoms with E-state index >= 15 is 0 Å². The number of carbonyl (C=O) groups is 1. The predicted octanol–water partition coefficient (Wildman–Crippen LogP) is 3.71. The van der Waals surface area contributed by atoms with Crippen molar-refractivity contribution in [1.82, 2.24) is 4.72 Å². The Balaban J connectivity index is 2.11. The van der Waals surface area contributed by atoms with Crippen molar-refractivity contribution in [3.8, 4) is 11.5 Å². The van der Waals surface area contributed by atoms with Crippen LogP contribution in [-0.4, -0.2) is 33.6 Å². The van der Waals surface area contributed by atoms with Gasteiger partial charge in [0.15, 0.2) is 11.5 Å². The number of sulfonamides is 1. The summed E-state index contributed by atoms with van der Waals surface area (Å²) in [6.07, 6.45) is 1.64. The minimum absolute atomic E-state index is 0.423. The van der Waals surface area contributed by atoms with Crippen LogP contribution in [0.25, 0.3) is 0 Å². The maximum atomic E-state index is 13.8. The minimum atomic E-state index is -4.20. The van der Waals surface area contributed by atoms with Crippen molar-refractivity contribution in [2.45, 2.75) is 44.6 Å². The zero-order chi connectivity index (χ0) is 22.1. The third kappa shape index (κ3) is 6.43. The Morgan fingerprint density at radius 2 is 1.67 bits per heavy atom. The first-order valence-electron chi connectivity index (χ1n) is 9.75. The molecular formula is C21H27FN2O5S. The monoisotopic (exact) mass is 438 g/mol. The molecule has 0 fully saturated rings. The molecule has 0 saturated carbocycles. The third-order valence-corrected chi connectivity index (χ3v) is 5.56. The van der Waals surface area contributed by atoms with Gasteiger partial charge in [0.1, 0.15) is 10.7 Å². The third-order valence-electron chi connectivity index (χ3n) is 3.99. The summed E-state index contributed by atoms with van der Waals surface area (Å²) in [5.41, 5.74) is 0.423. The van der Waals surface area contributed by atoms with Crippen LogP contribution in [0.15, 0.2) is 47.4 Å². The van der Waals surface area contributed by atoms with E-state index in [1.165, 1.54) is 19.1 Å². The van der Waals surface area contributed by atoms with E-state index in [1.54, 1.807) is 18.2 Å². The Morgan fingerprint density at radius 1 is 1.03 bits per heavy atom. The predicted molar refractivity (Wildman–Crippen MR) is 113 cm³/mol. The molecule has 0 aliphatic carbocycles. The lowest BCUT2D eigenvalue weighted by Gasteiger charge is -2.17. The average molecular weight is 439 g/mol. The van der Waals surface area contributed by atoms with Crippen LogP contribution in [0, 0.1) is 5.82 Å². The molecule has 2 aromatic rings. The first-order chi connectivity index (χ1) is 14.3. The second kappa shape index (κ2) is 10.9. The molecule has 2 N–H and O–H groups in total. The van der Waals surface area contributed by atoms with E-state index in [2.05, 4.69) is 10.0 Å². The SMILES string of the molecule is CCCOc1ccc(NC(=O)[C@H](C)NS(=O)(=O)c2ccccc2F)cc1OCCC. The molecule has 0 heterocycles. The van der Waals surface area contributed by atoms with E-state index in [0.29, 0.717) is 30.4 Å². The molecule has 0 radical (unpaired) electrons.